The van der Waals surface area contributed by atoms with E-state index >= 15 is 0 Å². The fraction of sp³-hybridized carbons (Fsp3) is 0.458. The molecule has 0 saturated carbocycles. The van der Waals surface area contributed by atoms with Crippen LogP contribution in [-0.4, -0.2) is 57.8 Å². The van der Waals surface area contributed by atoms with Crippen LogP contribution in [0.15, 0.2) is 30.3 Å². The van der Waals surface area contributed by atoms with Gasteiger partial charge in [-0.2, -0.15) is 0 Å². The molecule has 0 aromatic heterocycles. The van der Waals surface area contributed by atoms with Gasteiger partial charge in [-0.05, 0) is 52.3 Å². The highest BCUT2D eigenvalue weighted by Crippen LogP contribution is 2.40. The summed E-state index contributed by atoms with van der Waals surface area (Å²) in [6.45, 7) is 4.63. The van der Waals surface area contributed by atoms with Crippen molar-refractivity contribution in [2.24, 2.45) is 0 Å². The van der Waals surface area contributed by atoms with E-state index in [-0.39, 0.29) is 39.8 Å². The van der Waals surface area contributed by atoms with E-state index in [0.29, 0.717) is 4.31 Å². The molecule has 0 aliphatic rings. The Morgan fingerprint density at radius 1 is 1.20 bits per heavy atom. The molecule has 1 unspecified atom stereocenters. The van der Waals surface area contributed by atoms with Crippen LogP contribution in [0.3, 0.4) is 0 Å². The second kappa shape index (κ2) is 13.5. The minimum Gasteiger partial charge on any atom is -0.456 e. The normalized spacial score (nSPS) is 12.7. The van der Waals surface area contributed by atoms with Gasteiger partial charge in [0, 0.05) is 24.6 Å². The summed E-state index contributed by atoms with van der Waals surface area (Å²) in [5.74, 6) is -1.82. The molecule has 40 heavy (non-hydrogen) atoms. The lowest BCUT2D eigenvalue weighted by molar-refractivity contribution is -0.385. The van der Waals surface area contributed by atoms with Gasteiger partial charge in [-0.25, -0.2) is 26.0 Å². The van der Waals surface area contributed by atoms with Gasteiger partial charge in [-0.1, -0.05) is 17.7 Å². The van der Waals surface area contributed by atoms with Crippen molar-refractivity contribution in [3.63, 3.8) is 0 Å². The van der Waals surface area contributed by atoms with Gasteiger partial charge in [0.05, 0.1) is 23.0 Å². The van der Waals surface area contributed by atoms with Crippen molar-refractivity contribution < 1.29 is 44.8 Å². The zero-order chi connectivity index (χ0) is 30.4. The lowest BCUT2D eigenvalue weighted by atomic mass is 10.0. The maximum absolute atomic E-state index is 14.4. The molecule has 1 atom stereocenters. The maximum Gasteiger partial charge on any atom is 0.346 e. The average Bonchev–Trinajstić information content (AvgIpc) is 2.84. The van der Waals surface area contributed by atoms with Gasteiger partial charge in [-0.3, -0.25) is 18.8 Å². The lowest BCUT2D eigenvalue weighted by Crippen LogP contribution is -2.29. The Hall–Kier alpha value is -3.04. The molecule has 0 radical (unpaired) electrons. The van der Waals surface area contributed by atoms with E-state index in [4.69, 9.17) is 21.1 Å². The summed E-state index contributed by atoms with van der Waals surface area (Å²) in [6.07, 6.45) is -1.12. The van der Waals surface area contributed by atoms with E-state index in [1.165, 1.54) is 31.2 Å². The van der Waals surface area contributed by atoms with E-state index in [2.05, 4.69) is 0 Å². The molecule has 2 rings (SSSR count). The summed E-state index contributed by atoms with van der Waals surface area (Å²) in [4.78, 5) is 23.6. The molecular weight excluding hydrogens is 598 g/mol. The van der Waals surface area contributed by atoms with Gasteiger partial charge in [0.2, 0.25) is 16.4 Å². The van der Waals surface area contributed by atoms with Crippen molar-refractivity contribution in [2.45, 2.75) is 51.6 Å². The number of thiol groups is 1. The van der Waals surface area contributed by atoms with Gasteiger partial charge >= 0.3 is 5.97 Å². The Morgan fingerprint density at radius 2 is 1.85 bits per heavy atom. The Morgan fingerprint density at radius 3 is 2.40 bits per heavy atom. The Kier molecular flexibility index (Phi) is 11.2. The number of alkyl halides is 2. The van der Waals surface area contributed by atoms with Gasteiger partial charge < -0.3 is 9.47 Å². The Balaban J connectivity index is 2.43. The van der Waals surface area contributed by atoms with Gasteiger partial charge in [0.1, 0.15) is 27.7 Å². The summed E-state index contributed by atoms with van der Waals surface area (Å²) in [5.41, 5.74) is -4.35. The fourth-order valence-corrected chi connectivity index (χ4v) is 5.68. The number of ether oxygens (including phenoxy) is 2. The highest BCUT2D eigenvalue weighted by molar-refractivity contribution is 7.91. The second-order valence-electron chi connectivity index (χ2n) is 9.50. The van der Waals surface area contributed by atoms with Crippen LogP contribution in [0.25, 0.3) is 0 Å². The third-order valence-electron chi connectivity index (χ3n) is 5.35. The minimum atomic E-state index is -4.30. The van der Waals surface area contributed by atoms with Crippen molar-refractivity contribution in [2.75, 3.05) is 23.3 Å². The van der Waals surface area contributed by atoms with Gasteiger partial charge in [-0.15, -0.1) is 0 Å². The monoisotopic (exact) mass is 626 g/mol. The van der Waals surface area contributed by atoms with Crippen LogP contribution in [0.5, 0.6) is 11.5 Å². The number of benzene rings is 2. The van der Waals surface area contributed by atoms with Crippen LogP contribution in [-0.2, 0) is 25.5 Å². The second-order valence-corrected chi connectivity index (χ2v) is 13.1. The molecule has 0 amide bonds. The summed E-state index contributed by atoms with van der Waals surface area (Å²) in [5, 5.41) is 11.3. The predicted octanol–water partition coefficient (Wildman–Crippen LogP) is 5.10. The average molecular weight is 627 g/mol. The summed E-state index contributed by atoms with van der Waals surface area (Å²) < 4.78 is 86.3. The SMILES string of the molecule is Cc1c(Oc2cccc(N(CCC(F)S(=O)(=O)CCCF)[SH](=O)=O)c2Cl)ccc([N+](=O)[O-])c1C(=O)OC(C)(C)C. The summed E-state index contributed by atoms with van der Waals surface area (Å²) >= 11 is 6.41. The summed E-state index contributed by atoms with van der Waals surface area (Å²) in [6, 6.07) is 6.27. The van der Waals surface area contributed by atoms with Crippen LogP contribution < -0.4 is 9.04 Å². The first-order valence-electron chi connectivity index (χ1n) is 11.8. The zero-order valence-corrected chi connectivity index (χ0v) is 24.5. The molecule has 0 saturated heterocycles. The highest BCUT2D eigenvalue weighted by Gasteiger charge is 2.30. The van der Waals surface area contributed by atoms with Crippen LogP contribution >= 0.6 is 11.6 Å². The van der Waals surface area contributed by atoms with Crippen molar-refractivity contribution in [3.8, 4) is 11.5 Å². The van der Waals surface area contributed by atoms with Crippen molar-refractivity contribution in [1.29, 1.82) is 0 Å². The molecular formula is C24H29ClF2N2O9S2. The van der Waals surface area contributed by atoms with E-state index in [9.17, 15) is 40.5 Å². The smallest absolute Gasteiger partial charge is 0.346 e. The van der Waals surface area contributed by atoms with E-state index in [1.54, 1.807) is 20.8 Å². The lowest BCUT2D eigenvalue weighted by Gasteiger charge is -2.22. The first-order chi connectivity index (χ1) is 18.5. The van der Waals surface area contributed by atoms with E-state index in [0.717, 1.165) is 6.07 Å². The number of nitro benzene ring substituents is 1. The van der Waals surface area contributed by atoms with Gasteiger partial charge in [0.25, 0.3) is 5.69 Å². The quantitative estimate of drug-likeness (QED) is 0.139. The van der Waals surface area contributed by atoms with Crippen molar-refractivity contribution >= 4 is 49.7 Å². The van der Waals surface area contributed by atoms with E-state index < -0.39 is 73.8 Å². The largest absolute Gasteiger partial charge is 0.456 e. The molecule has 2 aromatic carbocycles. The Labute approximate surface area is 237 Å². The number of halogens is 3. The number of nitro groups is 1. The molecule has 0 fully saturated rings. The Bertz CT molecular complexity index is 1440. The molecule has 0 aliphatic heterocycles. The summed E-state index contributed by atoms with van der Waals surface area (Å²) in [7, 11) is -7.71. The number of carbonyl (C=O) groups is 1. The number of esters is 1. The number of sulfone groups is 1. The topological polar surface area (TPSA) is 150 Å². The van der Waals surface area contributed by atoms with E-state index in [1.807, 2.05) is 0 Å². The minimum absolute atomic E-state index is 0.0219. The van der Waals surface area contributed by atoms with Crippen LogP contribution in [0, 0.1) is 17.0 Å². The molecule has 0 heterocycles. The molecule has 0 N–H and O–H groups in total. The zero-order valence-electron chi connectivity index (χ0n) is 22.1. The number of nitrogens with zero attached hydrogens (tertiary/aromatic N) is 2. The third kappa shape index (κ3) is 8.48. The molecule has 11 nitrogen and oxygen atoms in total. The van der Waals surface area contributed by atoms with Crippen molar-refractivity contribution in [3.05, 3.63) is 56.6 Å². The van der Waals surface area contributed by atoms with Crippen molar-refractivity contribution in [1.82, 2.24) is 0 Å². The first-order valence-corrected chi connectivity index (χ1v) is 15.0. The molecule has 222 valence electrons. The first kappa shape index (κ1) is 33.2. The number of hydrogen-bond donors (Lipinski definition) is 1. The third-order valence-corrected chi connectivity index (χ3v) is 8.41. The van der Waals surface area contributed by atoms with Crippen LogP contribution in [0.2, 0.25) is 5.02 Å². The number of anilines is 1. The van der Waals surface area contributed by atoms with Crippen LogP contribution in [0.1, 0.15) is 49.5 Å². The molecule has 2 aromatic rings. The standard InChI is InChI=1S/C24H29ClF2N2O9S2/c1-15-18(10-9-16(29(31)32)21(15)23(30)38-24(2,3)4)37-19-8-5-7-17(22(19)25)28(39(33)34)13-11-20(27)40(35,36)14-6-12-26/h5,7-10,20,39H,6,11-14H2,1-4H3. The fourth-order valence-electron chi connectivity index (χ4n) is 3.50. The molecule has 0 spiro atoms. The number of hydrogen-bond acceptors (Lipinski definition) is 9. The maximum atomic E-state index is 14.4. The molecule has 16 heteroatoms. The molecule has 0 bridgehead atoms. The highest BCUT2D eigenvalue weighted by atomic mass is 35.5. The molecule has 0 aliphatic carbocycles. The predicted molar refractivity (Wildman–Crippen MR) is 146 cm³/mol. The van der Waals surface area contributed by atoms with Gasteiger partial charge in [0.15, 0.2) is 9.84 Å². The number of carbonyl (C=O) groups excluding carboxylic acids is 1. The van der Waals surface area contributed by atoms with Crippen LogP contribution in [0.4, 0.5) is 20.2 Å². The number of rotatable bonds is 13.